The molecule has 7 nitrogen and oxygen atoms in total. The van der Waals surface area contributed by atoms with Gasteiger partial charge < -0.3 is 14.9 Å². The van der Waals surface area contributed by atoms with Gasteiger partial charge in [0, 0.05) is 30.1 Å². The summed E-state index contributed by atoms with van der Waals surface area (Å²) in [4.78, 5) is 12.1. The number of rotatable bonds is 4. The summed E-state index contributed by atoms with van der Waals surface area (Å²) < 4.78 is 37.3. The van der Waals surface area contributed by atoms with Crippen molar-refractivity contribution >= 4 is 39.4 Å². The van der Waals surface area contributed by atoms with Crippen molar-refractivity contribution in [1.29, 1.82) is 0 Å². The number of nitrogens with zero attached hydrogens (tertiary/aromatic N) is 1. The van der Waals surface area contributed by atoms with Crippen molar-refractivity contribution in [2.24, 2.45) is 5.73 Å². The van der Waals surface area contributed by atoms with Crippen LogP contribution >= 0.6 is 12.4 Å². The lowest BCUT2D eigenvalue weighted by Gasteiger charge is -2.15. The van der Waals surface area contributed by atoms with E-state index < -0.39 is 16.0 Å². The van der Waals surface area contributed by atoms with E-state index in [1.165, 1.54) is 16.4 Å². The van der Waals surface area contributed by atoms with Crippen molar-refractivity contribution in [2.75, 3.05) is 19.7 Å². The average molecular weight is 389 g/mol. The zero-order valence-electron chi connectivity index (χ0n) is 14.0. The second-order valence-electron chi connectivity index (χ2n) is 5.85. The zero-order chi connectivity index (χ0) is 17.5. The first kappa shape index (κ1) is 19.7. The predicted molar refractivity (Wildman–Crippen MR) is 95.5 cm³/mol. The van der Waals surface area contributed by atoms with Gasteiger partial charge in [-0.15, -0.1) is 12.4 Å². The molecule has 1 aliphatic heterocycles. The fourth-order valence-electron chi connectivity index (χ4n) is 2.87. The Labute approximate surface area is 152 Å². The molecule has 1 atom stereocenters. The molecule has 0 bridgehead atoms. The van der Waals surface area contributed by atoms with Crippen LogP contribution in [0.15, 0.2) is 27.5 Å². The van der Waals surface area contributed by atoms with Crippen molar-refractivity contribution in [3.05, 3.63) is 29.5 Å². The monoisotopic (exact) mass is 388 g/mol. The van der Waals surface area contributed by atoms with Gasteiger partial charge in [-0.3, -0.25) is 0 Å². The van der Waals surface area contributed by atoms with E-state index in [4.69, 9.17) is 14.9 Å². The third-order valence-electron chi connectivity index (χ3n) is 4.19. The number of ether oxygens (including phenoxy) is 1. The van der Waals surface area contributed by atoms with E-state index in [-0.39, 0.29) is 35.7 Å². The van der Waals surface area contributed by atoms with Crippen LogP contribution < -0.4 is 5.73 Å². The molecule has 0 radical (unpaired) electrons. The van der Waals surface area contributed by atoms with Gasteiger partial charge in [0.05, 0.1) is 11.5 Å². The minimum Gasteiger partial charge on any atom is -0.460 e. The molecule has 9 heteroatoms. The van der Waals surface area contributed by atoms with Crippen LogP contribution in [0.3, 0.4) is 0 Å². The molecule has 1 fully saturated rings. The summed E-state index contributed by atoms with van der Waals surface area (Å²) in [6, 6.07) is 4.46. The summed E-state index contributed by atoms with van der Waals surface area (Å²) in [5.41, 5.74) is 6.83. The number of aryl methyl sites for hydroxylation is 1. The topological polar surface area (TPSA) is 103 Å². The normalized spacial score (nSPS) is 18.3. The smallest absolute Gasteiger partial charge is 0.374 e. The Balaban J connectivity index is 0.00000225. The minimum atomic E-state index is -3.61. The van der Waals surface area contributed by atoms with Crippen LogP contribution in [0.1, 0.15) is 29.5 Å². The van der Waals surface area contributed by atoms with E-state index in [0.29, 0.717) is 36.0 Å². The van der Waals surface area contributed by atoms with Gasteiger partial charge in [0.25, 0.3) is 0 Å². The number of furan rings is 1. The Bertz CT molecular complexity index is 893. The molecule has 1 aromatic heterocycles. The molecule has 0 spiro atoms. The van der Waals surface area contributed by atoms with Crippen LogP contribution in [0.2, 0.25) is 0 Å². The van der Waals surface area contributed by atoms with Gasteiger partial charge in [-0.05, 0) is 38.5 Å². The number of esters is 1. The quantitative estimate of drug-likeness (QED) is 0.804. The van der Waals surface area contributed by atoms with Gasteiger partial charge in [0.2, 0.25) is 15.8 Å². The molecule has 138 valence electrons. The van der Waals surface area contributed by atoms with Gasteiger partial charge in [-0.1, -0.05) is 0 Å². The van der Waals surface area contributed by atoms with E-state index in [0.717, 1.165) is 0 Å². The molecule has 2 N–H and O–H groups in total. The molecule has 2 heterocycles. The maximum atomic E-state index is 12.7. The lowest BCUT2D eigenvalue weighted by molar-refractivity contribution is 0.0491. The molecule has 1 saturated heterocycles. The van der Waals surface area contributed by atoms with E-state index in [2.05, 4.69) is 0 Å². The maximum absolute atomic E-state index is 12.7. The van der Waals surface area contributed by atoms with Gasteiger partial charge in [-0.25, -0.2) is 13.2 Å². The molecule has 2 aromatic rings. The van der Waals surface area contributed by atoms with Crippen molar-refractivity contribution in [3.8, 4) is 0 Å². The second-order valence-corrected chi connectivity index (χ2v) is 7.78. The SMILES string of the molecule is CCOC(=O)c1oc2ccc(S(=O)(=O)N3CCC(N)C3)cc2c1C.Cl. The number of hydrogen-bond donors (Lipinski definition) is 1. The highest BCUT2D eigenvalue weighted by Gasteiger charge is 2.31. The summed E-state index contributed by atoms with van der Waals surface area (Å²) in [6.45, 7) is 4.39. The number of fused-ring (bicyclic) bond motifs is 1. The standard InChI is InChI=1S/C16H20N2O5S.ClH/c1-3-22-16(19)15-10(2)13-8-12(4-5-14(13)23-15)24(20,21)18-7-6-11(17)9-18;/h4-5,8,11H,3,6-7,9,17H2,1-2H3;1H. The Morgan fingerprint density at radius 1 is 1.44 bits per heavy atom. The Morgan fingerprint density at radius 3 is 2.76 bits per heavy atom. The molecule has 1 aliphatic rings. The average Bonchev–Trinajstić information content (AvgIpc) is 3.12. The summed E-state index contributed by atoms with van der Waals surface area (Å²) in [5.74, 6) is -0.453. The van der Waals surface area contributed by atoms with E-state index in [1.54, 1.807) is 19.9 Å². The molecular formula is C16H21ClN2O5S. The second kappa shape index (κ2) is 7.33. The van der Waals surface area contributed by atoms with Crippen molar-refractivity contribution < 1.29 is 22.4 Å². The molecule has 1 aromatic carbocycles. The van der Waals surface area contributed by atoms with Crippen molar-refractivity contribution in [2.45, 2.75) is 31.2 Å². The van der Waals surface area contributed by atoms with E-state index in [1.807, 2.05) is 0 Å². The number of carbonyl (C=O) groups excluding carboxylic acids is 1. The van der Waals surface area contributed by atoms with Crippen LogP contribution in [-0.4, -0.2) is 44.4 Å². The van der Waals surface area contributed by atoms with Gasteiger partial charge in [-0.2, -0.15) is 4.31 Å². The zero-order valence-corrected chi connectivity index (χ0v) is 15.7. The highest BCUT2D eigenvalue weighted by atomic mass is 35.5. The highest BCUT2D eigenvalue weighted by Crippen LogP contribution is 2.30. The molecule has 3 rings (SSSR count). The fraction of sp³-hybridized carbons (Fsp3) is 0.438. The first-order valence-electron chi connectivity index (χ1n) is 7.80. The fourth-order valence-corrected chi connectivity index (χ4v) is 4.41. The number of halogens is 1. The van der Waals surface area contributed by atoms with Crippen LogP contribution in [-0.2, 0) is 14.8 Å². The lowest BCUT2D eigenvalue weighted by Crippen LogP contribution is -2.31. The highest BCUT2D eigenvalue weighted by molar-refractivity contribution is 7.89. The van der Waals surface area contributed by atoms with Crippen molar-refractivity contribution in [1.82, 2.24) is 4.31 Å². The summed E-state index contributed by atoms with van der Waals surface area (Å²) in [6.07, 6.45) is 0.652. The number of nitrogens with two attached hydrogens (primary N) is 1. The lowest BCUT2D eigenvalue weighted by atomic mass is 10.1. The van der Waals surface area contributed by atoms with Gasteiger partial charge in [0.1, 0.15) is 5.58 Å². The van der Waals surface area contributed by atoms with Crippen LogP contribution in [0.4, 0.5) is 0 Å². The molecule has 25 heavy (non-hydrogen) atoms. The number of carbonyl (C=O) groups is 1. The summed E-state index contributed by atoms with van der Waals surface area (Å²) >= 11 is 0. The molecule has 0 aliphatic carbocycles. The molecular weight excluding hydrogens is 368 g/mol. The van der Waals surface area contributed by atoms with Crippen LogP contribution in [0.25, 0.3) is 11.0 Å². The molecule has 0 saturated carbocycles. The van der Waals surface area contributed by atoms with Crippen molar-refractivity contribution in [3.63, 3.8) is 0 Å². The van der Waals surface area contributed by atoms with E-state index >= 15 is 0 Å². The Morgan fingerprint density at radius 2 is 2.16 bits per heavy atom. The van der Waals surface area contributed by atoms with E-state index in [9.17, 15) is 13.2 Å². The number of sulfonamides is 1. The maximum Gasteiger partial charge on any atom is 0.374 e. The first-order chi connectivity index (χ1) is 11.3. The summed E-state index contributed by atoms with van der Waals surface area (Å²) in [7, 11) is -3.61. The van der Waals surface area contributed by atoms with Crippen LogP contribution in [0, 0.1) is 6.92 Å². The van der Waals surface area contributed by atoms with Crippen LogP contribution in [0.5, 0.6) is 0 Å². The van der Waals surface area contributed by atoms with Gasteiger partial charge >= 0.3 is 5.97 Å². The molecule has 0 amide bonds. The van der Waals surface area contributed by atoms with Gasteiger partial charge in [0.15, 0.2) is 0 Å². The Kier molecular flexibility index (Phi) is 5.78. The first-order valence-corrected chi connectivity index (χ1v) is 9.24. The Hall–Kier alpha value is -1.61. The largest absolute Gasteiger partial charge is 0.460 e. The minimum absolute atomic E-state index is 0. The number of benzene rings is 1. The number of hydrogen-bond acceptors (Lipinski definition) is 6. The third kappa shape index (κ3) is 3.52. The summed E-state index contributed by atoms with van der Waals surface area (Å²) in [5, 5.41) is 0.586. The molecule has 1 unspecified atom stereocenters. The third-order valence-corrected chi connectivity index (χ3v) is 6.05. The predicted octanol–water partition coefficient (Wildman–Crippen LogP) is 2.06.